The largest absolute Gasteiger partial charge is 0.497 e. The van der Waals surface area contributed by atoms with Gasteiger partial charge in [-0.15, -0.1) is 0 Å². The van der Waals surface area contributed by atoms with Gasteiger partial charge in [0.2, 0.25) is 6.79 Å². The zero-order valence-corrected chi connectivity index (χ0v) is 25.5. The first-order valence-corrected chi connectivity index (χ1v) is 14.9. The van der Waals surface area contributed by atoms with Gasteiger partial charge in [-0.2, -0.15) is 0 Å². The molecule has 0 bridgehead atoms. The summed E-state index contributed by atoms with van der Waals surface area (Å²) in [7, 11) is 1.63. The summed E-state index contributed by atoms with van der Waals surface area (Å²) in [6.45, 7) is 3.39. The molecule has 2 heterocycles. The Balaban J connectivity index is 0.983. The molecule has 4 atom stereocenters. The summed E-state index contributed by atoms with van der Waals surface area (Å²) < 4.78 is 38.4. The number of carbonyl (C=O) groups is 3. The Morgan fingerprint density at radius 3 is 1.72 bits per heavy atom. The quantitative estimate of drug-likeness (QED) is 0.0916. The second-order valence-electron chi connectivity index (χ2n) is 10.9. The van der Waals surface area contributed by atoms with Crippen LogP contribution in [0.5, 0.6) is 11.5 Å². The average Bonchev–Trinajstić information content (AvgIpc) is 3.68. The highest BCUT2D eigenvalue weighted by molar-refractivity contribution is 5.91. The first-order chi connectivity index (χ1) is 22.9. The van der Waals surface area contributed by atoms with E-state index in [2.05, 4.69) is 6.58 Å². The Morgan fingerprint density at radius 2 is 1.19 bits per heavy atom. The number of carbonyl (C=O) groups excluding carboxylic acids is 3. The van der Waals surface area contributed by atoms with Crippen molar-refractivity contribution in [3.05, 3.63) is 109 Å². The standard InChI is InChI=1S/C37H32O10/c1-3-33(38)45-22-44-30-13-11-26-17-24(5-9-28(26)19-30)7-15-35(40)47-32-21-43-36-31(20-42-37(32)36)46-34(39)14-6-23-4-8-27-18-29(41-2)12-10-25(27)16-23/h3-19,31-32,36-37H,1,20-22H2,2H3/b14-6+,15-7+. The first kappa shape index (κ1) is 31.5. The third-order valence-electron chi connectivity index (χ3n) is 7.82. The summed E-state index contributed by atoms with van der Waals surface area (Å²) in [6, 6.07) is 22.7. The van der Waals surface area contributed by atoms with E-state index in [0.29, 0.717) is 5.75 Å². The van der Waals surface area contributed by atoms with E-state index in [-0.39, 0.29) is 20.0 Å². The summed E-state index contributed by atoms with van der Waals surface area (Å²) in [4.78, 5) is 36.4. The highest BCUT2D eigenvalue weighted by Gasteiger charge is 2.51. The fraction of sp³-hybridized carbons (Fsp3) is 0.216. The summed E-state index contributed by atoms with van der Waals surface area (Å²) >= 11 is 0. The van der Waals surface area contributed by atoms with Gasteiger partial charge in [0.05, 0.1) is 20.3 Å². The van der Waals surface area contributed by atoms with Crippen LogP contribution < -0.4 is 9.47 Å². The van der Waals surface area contributed by atoms with E-state index >= 15 is 0 Å². The van der Waals surface area contributed by atoms with Crippen molar-refractivity contribution >= 4 is 51.6 Å². The molecular weight excluding hydrogens is 604 g/mol. The molecule has 2 aliphatic rings. The van der Waals surface area contributed by atoms with Gasteiger partial charge in [0.1, 0.15) is 23.7 Å². The maximum Gasteiger partial charge on any atom is 0.333 e. The van der Waals surface area contributed by atoms with Gasteiger partial charge < -0.3 is 33.2 Å². The third-order valence-corrected chi connectivity index (χ3v) is 7.82. The van der Waals surface area contributed by atoms with Gasteiger partial charge >= 0.3 is 17.9 Å². The number of methoxy groups -OCH3 is 1. The molecule has 240 valence electrons. The molecule has 6 rings (SSSR count). The van der Waals surface area contributed by atoms with Crippen LogP contribution in [-0.4, -0.2) is 69.4 Å². The Labute approximate surface area is 270 Å². The van der Waals surface area contributed by atoms with Crippen LogP contribution in [-0.2, 0) is 38.1 Å². The van der Waals surface area contributed by atoms with E-state index in [0.717, 1.165) is 44.5 Å². The Morgan fingerprint density at radius 1 is 0.702 bits per heavy atom. The van der Waals surface area contributed by atoms with Crippen molar-refractivity contribution in [1.29, 1.82) is 0 Å². The van der Waals surface area contributed by atoms with E-state index < -0.39 is 42.3 Å². The highest BCUT2D eigenvalue weighted by atomic mass is 16.7. The van der Waals surface area contributed by atoms with E-state index in [1.165, 1.54) is 12.2 Å². The number of hydrogen-bond acceptors (Lipinski definition) is 10. The van der Waals surface area contributed by atoms with Crippen LogP contribution in [0.4, 0.5) is 0 Å². The van der Waals surface area contributed by atoms with Crippen LogP contribution in [0.25, 0.3) is 33.7 Å². The lowest BCUT2D eigenvalue weighted by Gasteiger charge is -2.16. The van der Waals surface area contributed by atoms with Gasteiger partial charge in [0.25, 0.3) is 0 Å². The Kier molecular flexibility index (Phi) is 9.61. The third kappa shape index (κ3) is 7.69. The van der Waals surface area contributed by atoms with Crippen LogP contribution in [0.3, 0.4) is 0 Å². The van der Waals surface area contributed by atoms with Gasteiger partial charge in [-0.1, -0.05) is 43.0 Å². The van der Waals surface area contributed by atoms with Gasteiger partial charge in [0.15, 0.2) is 12.2 Å². The van der Waals surface area contributed by atoms with Crippen LogP contribution in [0.15, 0.2) is 97.6 Å². The van der Waals surface area contributed by atoms with E-state index in [1.807, 2.05) is 66.7 Å². The smallest absolute Gasteiger partial charge is 0.333 e. The van der Waals surface area contributed by atoms with Crippen LogP contribution >= 0.6 is 0 Å². The minimum atomic E-state index is -0.631. The molecule has 10 heteroatoms. The lowest BCUT2D eigenvalue weighted by Crippen LogP contribution is -2.35. The summed E-state index contributed by atoms with van der Waals surface area (Å²) in [5.74, 6) is -0.302. The topological polar surface area (TPSA) is 116 Å². The zero-order valence-electron chi connectivity index (χ0n) is 25.5. The Bertz CT molecular complexity index is 1880. The molecular formula is C37H32O10. The molecule has 0 amide bonds. The predicted molar refractivity (Wildman–Crippen MR) is 174 cm³/mol. The summed E-state index contributed by atoms with van der Waals surface area (Å²) in [5, 5.41) is 3.89. The number of fused-ring (bicyclic) bond motifs is 3. The molecule has 47 heavy (non-hydrogen) atoms. The van der Waals surface area contributed by atoms with Crippen LogP contribution in [0.1, 0.15) is 11.1 Å². The molecule has 2 fully saturated rings. The van der Waals surface area contributed by atoms with E-state index in [1.54, 1.807) is 25.3 Å². The normalized spacial score (nSPS) is 20.4. The molecule has 4 aromatic rings. The molecule has 0 N–H and O–H groups in total. The van der Waals surface area contributed by atoms with E-state index in [4.69, 9.17) is 33.2 Å². The lowest BCUT2D eigenvalue weighted by molar-refractivity contribution is -0.149. The zero-order chi connectivity index (χ0) is 32.8. The van der Waals surface area contributed by atoms with Gasteiger partial charge in [-0.3, -0.25) is 0 Å². The number of rotatable bonds is 11. The number of esters is 3. The van der Waals surface area contributed by atoms with E-state index in [9.17, 15) is 14.4 Å². The molecule has 2 aliphatic heterocycles. The van der Waals surface area contributed by atoms with Crippen molar-refractivity contribution in [1.82, 2.24) is 0 Å². The lowest BCUT2D eigenvalue weighted by atomic mass is 10.1. The molecule has 0 saturated carbocycles. The molecule has 0 aliphatic carbocycles. The SMILES string of the molecule is C=CC(=O)OCOc1ccc2cc(/C=C/C(=O)OC3COC4C(OC(=O)/C=C/c5ccc6cc(OC)ccc6c5)COC34)ccc2c1. The second-order valence-corrected chi connectivity index (χ2v) is 10.9. The van der Waals surface area contributed by atoms with Crippen molar-refractivity contribution < 1.29 is 47.5 Å². The van der Waals surface area contributed by atoms with Gasteiger partial charge in [-0.05, 0) is 81.2 Å². The average molecular weight is 637 g/mol. The van der Waals surface area contributed by atoms with Crippen molar-refractivity contribution in [2.45, 2.75) is 24.4 Å². The Hall–Kier alpha value is -5.45. The monoisotopic (exact) mass is 636 g/mol. The van der Waals surface area contributed by atoms with Gasteiger partial charge in [0, 0.05) is 18.2 Å². The highest BCUT2D eigenvalue weighted by Crippen LogP contribution is 2.31. The van der Waals surface area contributed by atoms with Crippen LogP contribution in [0.2, 0.25) is 0 Å². The fourth-order valence-electron chi connectivity index (χ4n) is 5.46. The first-order valence-electron chi connectivity index (χ1n) is 14.9. The molecule has 4 aromatic carbocycles. The van der Waals surface area contributed by atoms with Crippen molar-refractivity contribution in [3.8, 4) is 11.5 Å². The predicted octanol–water partition coefficient (Wildman–Crippen LogP) is 5.41. The van der Waals surface area contributed by atoms with Crippen molar-refractivity contribution in [2.24, 2.45) is 0 Å². The number of benzene rings is 4. The molecule has 10 nitrogen and oxygen atoms in total. The van der Waals surface area contributed by atoms with Crippen LogP contribution in [0, 0.1) is 0 Å². The maximum atomic E-state index is 12.7. The molecule has 0 radical (unpaired) electrons. The molecule has 2 saturated heterocycles. The van der Waals surface area contributed by atoms with Crippen molar-refractivity contribution in [3.63, 3.8) is 0 Å². The minimum Gasteiger partial charge on any atom is -0.497 e. The summed E-state index contributed by atoms with van der Waals surface area (Å²) in [5.41, 5.74) is 1.65. The second kappa shape index (κ2) is 14.3. The molecule has 0 spiro atoms. The van der Waals surface area contributed by atoms with Crippen molar-refractivity contribution in [2.75, 3.05) is 27.1 Å². The fourth-order valence-corrected chi connectivity index (χ4v) is 5.46. The van der Waals surface area contributed by atoms with Gasteiger partial charge in [-0.25, -0.2) is 14.4 Å². The molecule has 4 unspecified atom stereocenters. The number of ether oxygens (including phenoxy) is 7. The number of hydrogen-bond donors (Lipinski definition) is 0. The minimum absolute atomic E-state index is 0.133. The maximum absolute atomic E-state index is 12.7. The summed E-state index contributed by atoms with van der Waals surface area (Å²) in [6.07, 6.45) is 4.82. The molecule has 0 aromatic heterocycles.